The van der Waals surface area contributed by atoms with Gasteiger partial charge >= 0.3 is 0 Å². The van der Waals surface area contributed by atoms with Gasteiger partial charge in [0.05, 0.1) is 18.4 Å². The summed E-state index contributed by atoms with van der Waals surface area (Å²) in [5.41, 5.74) is 1.90. The molecule has 0 saturated heterocycles. The van der Waals surface area contributed by atoms with E-state index in [0.717, 1.165) is 5.56 Å². The molecular formula is C22H28N2O5S2. The number of ether oxygens (including phenoxy) is 1. The van der Waals surface area contributed by atoms with Gasteiger partial charge in [0.15, 0.2) is 9.84 Å². The van der Waals surface area contributed by atoms with E-state index in [9.17, 15) is 18.0 Å². The molecule has 0 heterocycles. The van der Waals surface area contributed by atoms with Gasteiger partial charge < -0.3 is 15.4 Å². The molecule has 0 radical (unpaired) electrons. The van der Waals surface area contributed by atoms with Gasteiger partial charge in [-0.15, -0.1) is 0 Å². The number of thioether (sulfide) groups is 1. The highest BCUT2D eigenvalue weighted by Crippen LogP contribution is 2.17. The van der Waals surface area contributed by atoms with Crippen LogP contribution >= 0.6 is 11.8 Å². The summed E-state index contributed by atoms with van der Waals surface area (Å²) in [6.07, 6.45) is 3.62. The van der Waals surface area contributed by atoms with Gasteiger partial charge in [0, 0.05) is 12.8 Å². The van der Waals surface area contributed by atoms with Crippen molar-refractivity contribution in [3.63, 3.8) is 0 Å². The van der Waals surface area contributed by atoms with Crippen molar-refractivity contribution in [3.05, 3.63) is 65.2 Å². The Morgan fingerprint density at radius 1 is 1.06 bits per heavy atom. The highest BCUT2D eigenvalue weighted by Gasteiger charge is 2.22. The summed E-state index contributed by atoms with van der Waals surface area (Å²) in [6.45, 7) is 0.276. The Morgan fingerprint density at radius 3 is 2.32 bits per heavy atom. The van der Waals surface area contributed by atoms with Crippen LogP contribution in [0.5, 0.6) is 5.75 Å². The van der Waals surface area contributed by atoms with E-state index in [4.69, 9.17) is 4.74 Å². The van der Waals surface area contributed by atoms with E-state index in [2.05, 4.69) is 10.6 Å². The second-order valence-corrected chi connectivity index (χ2v) is 10.2. The molecule has 0 aromatic heterocycles. The zero-order valence-corrected chi connectivity index (χ0v) is 19.5. The SMILES string of the molecule is COc1ccccc1C(=O)NC(CCSC)C(=O)NCc1ccc(CS(C)(=O)=O)cc1. The van der Waals surface area contributed by atoms with Crippen molar-refractivity contribution in [2.75, 3.05) is 25.4 Å². The third kappa shape index (κ3) is 8.26. The van der Waals surface area contributed by atoms with Crippen molar-refractivity contribution in [2.24, 2.45) is 0 Å². The predicted octanol–water partition coefficient (Wildman–Crippen LogP) is 2.41. The highest BCUT2D eigenvalue weighted by atomic mass is 32.2. The Morgan fingerprint density at radius 2 is 1.71 bits per heavy atom. The minimum Gasteiger partial charge on any atom is -0.496 e. The van der Waals surface area contributed by atoms with Crippen LogP contribution in [0, 0.1) is 0 Å². The lowest BCUT2D eigenvalue weighted by molar-refractivity contribution is -0.123. The molecule has 7 nitrogen and oxygen atoms in total. The molecule has 2 aromatic rings. The summed E-state index contributed by atoms with van der Waals surface area (Å²) in [6, 6.07) is 13.2. The smallest absolute Gasteiger partial charge is 0.255 e. The van der Waals surface area contributed by atoms with E-state index in [1.54, 1.807) is 60.3 Å². The van der Waals surface area contributed by atoms with Crippen LogP contribution in [-0.4, -0.2) is 51.6 Å². The van der Waals surface area contributed by atoms with Crippen molar-refractivity contribution in [1.82, 2.24) is 10.6 Å². The minimum absolute atomic E-state index is 0.0224. The van der Waals surface area contributed by atoms with Crippen LogP contribution in [-0.2, 0) is 26.9 Å². The first kappa shape index (κ1) is 24.7. The number of hydrogen-bond acceptors (Lipinski definition) is 6. The van der Waals surface area contributed by atoms with E-state index in [0.29, 0.717) is 29.1 Å². The molecule has 0 aliphatic heterocycles. The van der Waals surface area contributed by atoms with Gasteiger partial charge in [0.2, 0.25) is 5.91 Å². The largest absolute Gasteiger partial charge is 0.496 e. The van der Waals surface area contributed by atoms with Gasteiger partial charge in [-0.25, -0.2) is 8.42 Å². The first-order valence-electron chi connectivity index (χ1n) is 9.69. The lowest BCUT2D eigenvalue weighted by Crippen LogP contribution is -2.47. The van der Waals surface area contributed by atoms with E-state index >= 15 is 0 Å². The summed E-state index contributed by atoms with van der Waals surface area (Å²) < 4.78 is 28.0. The predicted molar refractivity (Wildman–Crippen MR) is 124 cm³/mol. The zero-order valence-electron chi connectivity index (χ0n) is 17.9. The second-order valence-electron chi connectivity index (χ2n) is 7.11. The van der Waals surface area contributed by atoms with Crippen LogP contribution in [0.4, 0.5) is 0 Å². The number of amides is 2. The fourth-order valence-electron chi connectivity index (χ4n) is 2.94. The quantitative estimate of drug-likeness (QED) is 0.530. The molecule has 31 heavy (non-hydrogen) atoms. The van der Waals surface area contributed by atoms with Crippen molar-refractivity contribution in [3.8, 4) is 5.75 Å². The molecular weight excluding hydrogens is 436 g/mol. The molecule has 2 N–H and O–H groups in total. The maximum absolute atomic E-state index is 12.8. The molecule has 0 saturated carbocycles. The molecule has 1 unspecified atom stereocenters. The number of sulfone groups is 1. The standard InChI is InChI=1S/C22H28N2O5S2/c1-29-20-7-5-4-6-18(20)21(25)24-19(12-13-30-2)22(26)23-14-16-8-10-17(11-9-16)15-31(3,27)28/h4-11,19H,12-15H2,1-3H3,(H,23,26)(H,24,25). The topological polar surface area (TPSA) is 102 Å². The maximum Gasteiger partial charge on any atom is 0.255 e. The van der Waals surface area contributed by atoms with Gasteiger partial charge in [-0.2, -0.15) is 11.8 Å². The number of rotatable bonds is 11. The number of carbonyl (C=O) groups is 2. The van der Waals surface area contributed by atoms with Gasteiger partial charge in [0.1, 0.15) is 11.8 Å². The number of carbonyl (C=O) groups excluding carboxylic acids is 2. The first-order chi connectivity index (χ1) is 14.7. The Balaban J connectivity index is 2.01. The van der Waals surface area contributed by atoms with Gasteiger partial charge in [0.25, 0.3) is 5.91 Å². The summed E-state index contributed by atoms with van der Waals surface area (Å²) >= 11 is 1.59. The van der Waals surface area contributed by atoms with E-state index < -0.39 is 15.9 Å². The molecule has 168 valence electrons. The third-order valence-electron chi connectivity index (χ3n) is 4.50. The highest BCUT2D eigenvalue weighted by molar-refractivity contribution is 7.98. The first-order valence-corrected chi connectivity index (χ1v) is 13.1. The molecule has 0 spiro atoms. The van der Waals surface area contributed by atoms with Crippen LogP contribution in [0.15, 0.2) is 48.5 Å². The monoisotopic (exact) mass is 464 g/mol. The number of methoxy groups -OCH3 is 1. The minimum atomic E-state index is -3.10. The normalized spacial score (nSPS) is 12.1. The molecule has 0 aliphatic carbocycles. The van der Waals surface area contributed by atoms with E-state index in [1.165, 1.54) is 13.4 Å². The van der Waals surface area contributed by atoms with Gasteiger partial charge in [-0.1, -0.05) is 36.4 Å². The Labute approximate surface area is 187 Å². The van der Waals surface area contributed by atoms with Crippen LogP contribution in [0.3, 0.4) is 0 Å². The van der Waals surface area contributed by atoms with Crippen LogP contribution in [0.2, 0.25) is 0 Å². The lowest BCUT2D eigenvalue weighted by Gasteiger charge is -2.19. The molecule has 9 heteroatoms. The van der Waals surface area contributed by atoms with Gasteiger partial charge in [-0.05, 0) is 41.7 Å². The summed E-state index contributed by atoms with van der Waals surface area (Å²) in [4.78, 5) is 25.5. The number of para-hydroxylation sites is 1. The molecule has 0 bridgehead atoms. The fourth-order valence-corrected chi connectivity index (χ4v) is 4.21. The Bertz CT molecular complexity index is 991. The molecule has 1 atom stereocenters. The number of nitrogens with one attached hydrogen (secondary N) is 2. The Hall–Kier alpha value is -2.52. The van der Waals surface area contributed by atoms with Crippen molar-refractivity contribution < 1.29 is 22.7 Å². The average molecular weight is 465 g/mol. The van der Waals surface area contributed by atoms with Gasteiger partial charge in [-0.3, -0.25) is 9.59 Å². The van der Waals surface area contributed by atoms with Crippen molar-refractivity contribution in [1.29, 1.82) is 0 Å². The lowest BCUT2D eigenvalue weighted by atomic mass is 10.1. The average Bonchev–Trinajstić information content (AvgIpc) is 2.74. The van der Waals surface area contributed by atoms with E-state index in [-0.39, 0.29) is 24.1 Å². The fraction of sp³-hybridized carbons (Fsp3) is 0.364. The molecule has 2 amide bonds. The summed E-state index contributed by atoms with van der Waals surface area (Å²) in [5, 5.41) is 5.65. The molecule has 2 aromatic carbocycles. The Kier molecular flexibility index (Phi) is 9.39. The van der Waals surface area contributed by atoms with Crippen LogP contribution < -0.4 is 15.4 Å². The van der Waals surface area contributed by atoms with Crippen molar-refractivity contribution >= 4 is 33.4 Å². The van der Waals surface area contributed by atoms with Crippen LogP contribution in [0.25, 0.3) is 0 Å². The van der Waals surface area contributed by atoms with Crippen LogP contribution in [0.1, 0.15) is 27.9 Å². The molecule has 0 fully saturated rings. The molecule has 2 rings (SSSR count). The van der Waals surface area contributed by atoms with E-state index in [1.807, 2.05) is 6.26 Å². The van der Waals surface area contributed by atoms with Crippen molar-refractivity contribution in [2.45, 2.75) is 24.8 Å². The number of hydrogen-bond donors (Lipinski definition) is 2. The number of benzene rings is 2. The zero-order chi connectivity index (χ0) is 22.9. The maximum atomic E-state index is 12.8. The third-order valence-corrected chi connectivity index (χ3v) is 6.00. The second kappa shape index (κ2) is 11.8. The molecule has 0 aliphatic rings. The summed E-state index contributed by atoms with van der Waals surface area (Å²) in [7, 11) is -1.61. The summed E-state index contributed by atoms with van der Waals surface area (Å²) in [5.74, 6) is 0.482.